The first-order valence-electron chi connectivity index (χ1n) is 5.51. The molecular formula is C13H11Cl2N3. The molecular weight excluding hydrogens is 269 g/mol. The van der Waals surface area contributed by atoms with E-state index in [1.54, 1.807) is 6.08 Å². The van der Waals surface area contributed by atoms with Gasteiger partial charge in [0, 0.05) is 0 Å². The third-order valence-electron chi connectivity index (χ3n) is 2.65. The van der Waals surface area contributed by atoms with E-state index in [1.807, 2.05) is 30.3 Å². The van der Waals surface area contributed by atoms with Crippen molar-refractivity contribution in [3.8, 4) is 0 Å². The summed E-state index contributed by atoms with van der Waals surface area (Å²) in [6.07, 6.45) is 2.04. The summed E-state index contributed by atoms with van der Waals surface area (Å²) in [7, 11) is 0. The molecule has 3 nitrogen and oxygen atoms in total. The van der Waals surface area contributed by atoms with Crippen molar-refractivity contribution in [3.05, 3.63) is 52.5 Å². The number of halogens is 2. The van der Waals surface area contributed by atoms with E-state index in [0.29, 0.717) is 23.7 Å². The van der Waals surface area contributed by atoms with Crippen LogP contribution in [0.5, 0.6) is 0 Å². The van der Waals surface area contributed by atoms with Crippen LogP contribution < -0.4 is 0 Å². The third kappa shape index (κ3) is 3.08. The predicted octanol–water partition coefficient (Wildman–Crippen LogP) is 3.43. The van der Waals surface area contributed by atoms with E-state index in [4.69, 9.17) is 28.7 Å². The SMILES string of the molecule is [N-]=[N+]=C1CC(Cl)C(=NCc2ccccc2)C=C1Cl. The Balaban J connectivity index is 2.19. The molecule has 0 amide bonds. The fourth-order valence-corrected chi connectivity index (χ4v) is 2.18. The third-order valence-corrected chi connectivity index (χ3v) is 3.36. The molecule has 0 saturated heterocycles. The molecule has 0 heterocycles. The van der Waals surface area contributed by atoms with E-state index in [-0.39, 0.29) is 5.38 Å². The summed E-state index contributed by atoms with van der Waals surface area (Å²) in [4.78, 5) is 7.55. The van der Waals surface area contributed by atoms with E-state index in [9.17, 15) is 0 Å². The molecule has 0 aliphatic heterocycles. The van der Waals surface area contributed by atoms with Crippen molar-refractivity contribution < 1.29 is 4.79 Å². The van der Waals surface area contributed by atoms with Gasteiger partial charge in [-0.05, 0) is 11.6 Å². The Labute approximate surface area is 115 Å². The minimum Gasteiger partial charge on any atom is -0.361 e. The Bertz CT molecular complexity index is 543. The van der Waals surface area contributed by atoms with Gasteiger partial charge in [-0.3, -0.25) is 4.99 Å². The monoisotopic (exact) mass is 279 g/mol. The average Bonchev–Trinajstić information content (AvgIpc) is 2.40. The van der Waals surface area contributed by atoms with Crippen molar-refractivity contribution in [3.63, 3.8) is 0 Å². The summed E-state index contributed by atoms with van der Waals surface area (Å²) in [5, 5.41) is 0.0864. The van der Waals surface area contributed by atoms with Gasteiger partial charge in [0.2, 0.25) is 0 Å². The first kappa shape index (κ1) is 13.0. The Morgan fingerprint density at radius 1 is 1.33 bits per heavy atom. The zero-order valence-corrected chi connectivity index (χ0v) is 11.1. The van der Waals surface area contributed by atoms with E-state index in [1.165, 1.54) is 0 Å². The van der Waals surface area contributed by atoms with Gasteiger partial charge >= 0.3 is 5.71 Å². The minimum atomic E-state index is -0.304. The summed E-state index contributed by atoms with van der Waals surface area (Å²) in [6, 6.07) is 9.90. The van der Waals surface area contributed by atoms with Crippen molar-refractivity contribution in [2.24, 2.45) is 4.99 Å². The van der Waals surface area contributed by atoms with Gasteiger partial charge < -0.3 is 5.53 Å². The van der Waals surface area contributed by atoms with Gasteiger partial charge in [-0.15, -0.1) is 11.6 Å². The van der Waals surface area contributed by atoms with Gasteiger partial charge in [-0.1, -0.05) is 41.9 Å². The number of benzene rings is 1. The molecule has 1 atom stereocenters. The standard InChI is InChI=1S/C13H11Cl2N3/c14-10-7-13(18-16)11(15)6-12(10)17-8-9-4-2-1-3-5-9/h1-6,10H,7-8H2. The van der Waals surface area contributed by atoms with Crippen LogP contribution >= 0.6 is 23.2 Å². The molecule has 0 N–H and O–H groups in total. The topological polar surface area (TPSA) is 48.8 Å². The van der Waals surface area contributed by atoms with Crippen LogP contribution in [-0.4, -0.2) is 21.6 Å². The lowest BCUT2D eigenvalue weighted by Crippen LogP contribution is -2.24. The summed E-state index contributed by atoms with van der Waals surface area (Å²) in [5.41, 5.74) is 11.0. The molecule has 1 aliphatic rings. The van der Waals surface area contributed by atoms with Gasteiger partial charge in [0.05, 0.1) is 24.1 Å². The highest BCUT2D eigenvalue weighted by molar-refractivity contribution is 6.48. The molecule has 0 bridgehead atoms. The lowest BCUT2D eigenvalue weighted by atomic mass is 10.0. The van der Waals surface area contributed by atoms with Crippen LogP contribution in [0.15, 0.2) is 46.4 Å². The quantitative estimate of drug-likeness (QED) is 0.453. The highest BCUT2D eigenvalue weighted by atomic mass is 35.5. The zero-order chi connectivity index (χ0) is 13.0. The van der Waals surface area contributed by atoms with Crippen LogP contribution in [0.2, 0.25) is 0 Å². The van der Waals surface area contributed by atoms with Crippen molar-refractivity contribution in [1.29, 1.82) is 0 Å². The fraction of sp³-hybridized carbons (Fsp3) is 0.231. The molecule has 1 unspecified atom stereocenters. The first-order chi connectivity index (χ1) is 8.70. The van der Waals surface area contributed by atoms with Crippen LogP contribution in [0, 0.1) is 0 Å². The van der Waals surface area contributed by atoms with Gasteiger partial charge in [0.25, 0.3) is 0 Å². The largest absolute Gasteiger partial charge is 0.361 e. The number of aliphatic imine (C=N–C) groups is 1. The van der Waals surface area contributed by atoms with Gasteiger partial charge in [0.1, 0.15) is 5.03 Å². The average molecular weight is 280 g/mol. The molecule has 1 aromatic rings. The molecule has 0 fully saturated rings. The van der Waals surface area contributed by atoms with Gasteiger partial charge in [-0.2, -0.15) is 4.79 Å². The van der Waals surface area contributed by atoms with Crippen LogP contribution in [-0.2, 0) is 6.54 Å². The number of nitrogens with zero attached hydrogens (tertiary/aromatic N) is 3. The molecule has 0 radical (unpaired) electrons. The molecule has 1 aliphatic carbocycles. The molecule has 18 heavy (non-hydrogen) atoms. The number of alkyl halides is 1. The second kappa shape index (κ2) is 5.96. The summed E-state index contributed by atoms with van der Waals surface area (Å²) < 4.78 is 0. The molecule has 5 heteroatoms. The Morgan fingerprint density at radius 2 is 2.06 bits per heavy atom. The molecule has 1 aromatic carbocycles. The summed E-state index contributed by atoms with van der Waals surface area (Å²) in [6.45, 7) is 0.561. The number of rotatable bonds is 2. The predicted molar refractivity (Wildman–Crippen MR) is 74.4 cm³/mol. The van der Waals surface area contributed by atoms with E-state index in [2.05, 4.69) is 9.78 Å². The number of allylic oxidation sites excluding steroid dienone is 2. The minimum absolute atomic E-state index is 0.304. The fourth-order valence-electron chi connectivity index (χ4n) is 1.67. The first-order valence-corrected chi connectivity index (χ1v) is 6.33. The van der Waals surface area contributed by atoms with E-state index >= 15 is 0 Å². The summed E-state index contributed by atoms with van der Waals surface area (Å²) in [5.74, 6) is 0. The Kier molecular flexibility index (Phi) is 4.32. The second-order valence-electron chi connectivity index (χ2n) is 3.94. The van der Waals surface area contributed by atoms with Crippen LogP contribution in [0.1, 0.15) is 12.0 Å². The molecule has 0 saturated carbocycles. The second-order valence-corrected chi connectivity index (χ2v) is 4.87. The maximum atomic E-state index is 8.74. The van der Waals surface area contributed by atoms with Crippen LogP contribution in [0.4, 0.5) is 0 Å². The van der Waals surface area contributed by atoms with E-state index < -0.39 is 0 Å². The van der Waals surface area contributed by atoms with E-state index in [0.717, 1.165) is 11.3 Å². The van der Waals surface area contributed by atoms with Crippen LogP contribution in [0.3, 0.4) is 0 Å². The smallest absolute Gasteiger partial charge is 0.312 e. The maximum Gasteiger partial charge on any atom is 0.312 e. The molecule has 0 aromatic heterocycles. The molecule has 2 rings (SSSR count). The van der Waals surface area contributed by atoms with Crippen molar-refractivity contribution in [1.82, 2.24) is 0 Å². The Hall–Kier alpha value is -1.41. The van der Waals surface area contributed by atoms with Crippen LogP contribution in [0.25, 0.3) is 5.53 Å². The maximum absolute atomic E-state index is 8.74. The Morgan fingerprint density at radius 3 is 2.72 bits per heavy atom. The van der Waals surface area contributed by atoms with Gasteiger partial charge in [0.15, 0.2) is 0 Å². The van der Waals surface area contributed by atoms with Gasteiger partial charge in [-0.25, -0.2) is 0 Å². The van der Waals surface area contributed by atoms with Crippen molar-refractivity contribution >= 4 is 34.6 Å². The van der Waals surface area contributed by atoms with Crippen molar-refractivity contribution in [2.45, 2.75) is 18.3 Å². The number of hydrogen-bond donors (Lipinski definition) is 0. The lowest BCUT2D eigenvalue weighted by Gasteiger charge is -2.12. The molecule has 92 valence electrons. The summed E-state index contributed by atoms with van der Waals surface area (Å²) >= 11 is 12.1. The zero-order valence-electron chi connectivity index (χ0n) is 9.55. The lowest BCUT2D eigenvalue weighted by molar-refractivity contribution is -0.00656. The number of hydrogen-bond acceptors (Lipinski definition) is 1. The highest BCUT2D eigenvalue weighted by Gasteiger charge is 2.28. The normalized spacial score (nSPS) is 21.7. The molecule has 0 spiro atoms. The van der Waals surface area contributed by atoms with Crippen molar-refractivity contribution in [2.75, 3.05) is 0 Å². The highest BCUT2D eigenvalue weighted by Crippen LogP contribution is 2.21.